The first-order valence-electron chi connectivity index (χ1n) is 5.40. The fourth-order valence-electron chi connectivity index (χ4n) is 1.03. The van der Waals surface area contributed by atoms with E-state index in [1.165, 1.54) is 0 Å². The number of aliphatic carboxylic acids is 1. The fourth-order valence-corrected chi connectivity index (χ4v) is 1.03. The fraction of sp³-hybridized carbons (Fsp3) is 0.700. The van der Waals surface area contributed by atoms with Crippen LogP contribution in [0.25, 0.3) is 0 Å². The standard InChI is InChI=1S/C10H19N3O4/c1-3-6(2)9(11)10(17)13-4-7(14)12-5-8(15)16/h6,9H,3-5,11H2,1-2H3,(H,12,14)(H,13,17)(H,15,16)/t6?,9-/m1/s1. The zero-order chi connectivity index (χ0) is 13.4. The van der Waals surface area contributed by atoms with Gasteiger partial charge in [-0.15, -0.1) is 0 Å². The van der Waals surface area contributed by atoms with Gasteiger partial charge >= 0.3 is 5.97 Å². The maximum absolute atomic E-state index is 11.5. The Balaban J connectivity index is 3.91. The molecule has 2 amide bonds. The third-order valence-corrected chi connectivity index (χ3v) is 2.42. The van der Waals surface area contributed by atoms with Crippen LogP contribution in [0.3, 0.4) is 0 Å². The zero-order valence-corrected chi connectivity index (χ0v) is 10.0. The topological polar surface area (TPSA) is 122 Å². The molecule has 7 heteroatoms. The largest absolute Gasteiger partial charge is 0.480 e. The van der Waals surface area contributed by atoms with Crippen molar-refractivity contribution < 1.29 is 19.5 Å². The maximum Gasteiger partial charge on any atom is 0.322 e. The molecular formula is C10H19N3O4. The van der Waals surface area contributed by atoms with E-state index in [1.54, 1.807) is 0 Å². The highest BCUT2D eigenvalue weighted by molar-refractivity contribution is 5.88. The second-order valence-electron chi connectivity index (χ2n) is 3.80. The minimum absolute atomic E-state index is 0.0251. The van der Waals surface area contributed by atoms with Crippen LogP contribution in [0.5, 0.6) is 0 Å². The van der Waals surface area contributed by atoms with Crippen LogP contribution in [0, 0.1) is 5.92 Å². The lowest BCUT2D eigenvalue weighted by Gasteiger charge is -2.17. The van der Waals surface area contributed by atoms with E-state index in [4.69, 9.17) is 10.8 Å². The quantitative estimate of drug-likeness (QED) is 0.443. The third kappa shape index (κ3) is 6.52. The molecule has 0 radical (unpaired) electrons. The van der Waals surface area contributed by atoms with Gasteiger partial charge in [0.1, 0.15) is 6.54 Å². The SMILES string of the molecule is CCC(C)[C@@H](N)C(=O)NCC(=O)NCC(=O)O. The van der Waals surface area contributed by atoms with Gasteiger partial charge in [0.05, 0.1) is 12.6 Å². The number of hydrogen-bond acceptors (Lipinski definition) is 4. The van der Waals surface area contributed by atoms with Crippen molar-refractivity contribution >= 4 is 17.8 Å². The summed E-state index contributed by atoms with van der Waals surface area (Å²) in [6.07, 6.45) is 0.764. The van der Waals surface area contributed by atoms with Crippen LogP contribution >= 0.6 is 0 Å². The smallest absolute Gasteiger partial charge is 0.322 e. The van der Waals surface area contributed by atoms with Gasteiger partial charge < -0.3 is 21.5 Å². The lowest BCUT2D eigenvalue weighted by Crippen LogP contribution is -2.48. The van der Waals surface area contributed by atoms with E-state index in [2.05, 4.69) is 10.6 Å². The third-order valence-electron chi connectivity index (χ3n) is 2.42. The minimum Gasteiger partial charge on any atom is -0.480 e. The van der Waals surface area contributed by atoms with Crippen LogP contribution < -0.4 is 16.4 Å². The summed E-state index contributed by atoms with van der Waals surface area (Å²) in [7, 11) is 0. The van der Waals surface area contributed by atoms with Crippen LogP contribution in [-0.4, -0.2) is 42.0 Å². The normalized spacial score (nSPS) is 13.6. The number of carbonyl (C=O) groups excluding carboxylic acids is 2. The number of amides is 2. The molecule has 0 aliphatic carbocycles. The molecule has 0 spiro atoms. The molecule has 2 atom stereocenters. The predicted octanol–water partition coefficient (Wildman–Crippen LogP) is -1.32. The van der Waals surface area contributed by atoms with E-state index in [1.807, 2.05) is 13.8 Å². The summed E-state index contributed by atoms with van der Waals surface area (Å²) >= 11 is 0. The number of carboxylic acid groups (broad SMARTS) is 1. The summed E-state index contributed by atoms with van der Waals surface area (Å²) in [6, 6.07) is -0.660. The van der Waals surface area contributed by atoms with Gasteiger partial charge in [-0.05, 0) is 5.92 Å². The number of carbonyl (C=O) groups is 3. The second-order valence-corrected chi connectivity index (χ2v) is 3.80. The first-order valence-corrected chi connectivity index (χ1v) is 5.40. The van der Waals surface area contributed by atoms with Crippen molar-refractivity contribution in [3.63, 3.8) is 0 Å². The average Bonchev–Trinajstić information content (AvgIpc) is 2.31. The second kappa shape index (κ2) is 7.61. The Labute approximate surface area is 99.7 Å². The Morgan fingerprint density at radius 2 is 1.82 bits per heavy atom. The lowest BCUT2D eigenvalue weighted by molar-refractivity contribution is -0.137. The summed E-state index contributed by atoms with van der Waals surface area (Å²) in [6.45, 7) is 3.02. The van der Waals surface area contributed by atoms with E-state index in [9.17, 15) is 14.4 Å². The van der Waals surface area contributed by atoms with E-state index in [-0.39, 0.29) is 12.5 Å². The molecule has 0 fully saturated rings. The van der Waals surface area contributed by atoms with Crippen LogP contribution in [0.1, 0.15) is 20.3 Å². The van der Waals surface area contributed by atoms with Crippen molar-refractivity contribution in [2.75, 3.05) is 13.1 Å². The molecule has 1 unspecified atom stereocenters. The molecule has 0 bridgehead atoms. The first-order chi connectivity index (χ1) is 7.88. The Morgan fingerprint density at radius 3 is 2.29 bits per heavy atom. The molecule has 0 rings (SSSR count). The molecule has 0 aromatic heterocycles. The van der Waals surface area contributed by atoms with Crippen LogP contribution in [0.4, 0.5) is 0 Å². The van der Waals surface area contributed by atoms with Crippen molar-refractivity contribution in [1.29, 1.82) is 0 Å². The highest BCUT2D eigenvalue weighted by Gasteiger charge is 2.19. The van der Waals surface area contributed by atoms with Crippen LogP contribution in [0.15, 0.2) is 0 Å². The molecule has 0 saturated carbocycles. The molecule has 5 N–H and O–H groups in total. The van der Waals surface area contributed by atoms with E-state index in [0.29, 0.717) is 0 Å². The summed E-state index contributed by atoms with van der Waals surface area (Å²) < 4.78 is 0. The average molecular weight is 245 g/mol. The summed E-state index contributed by atoms with van der Waals surface area (Å²) in [5, 5.41) is 12.8. The molecule has 17 heavy (non-hydrogen) atoms. The molecule has 7 nitrogen and oxygen atoms in total. The summed E-state index contributed by atoms with van der Waals surface area (Å²) in [5.74, 6) is -2.08. The predicted molar refractivity (Wildman–Crippen MR) is 61.1 cm³/mol. The molecule has 0 aliphatic heterocycles. The number of nitrogens with one attached hydrogen (secondary N) is 2. The van der Waals surface area contributed by atoms with Gasteiger partial charge in [0, 0.05) is 0 Å². The molecular weight excluding hydrogens is 226 g/mol. The van der Waals surface area contributed by atoms with Crippen molar-refractivity contribution in [3.8, 4) is 0 Å². The number of rotatable bonds is 7. The van der Waals surface area contributed by atoms with Gasteiger partial charge in [-0.25, -0.2) is 0 Å². The van der Waals surface area contributed by atoms with Crippen molar-refractivity contribution in [2.45, 2.75) is 26.3 Å². The van der Waals surface area contributed by atoms with E-state index >= 15 is 0 Å². The Morgan fingerprint density at radius 1 is 1.24 bits per heavy atom. The van der Waals surface area contributed by atoms with Crippen molar-refractivity contribution in [1.82, 2.24) is 10.6 Å². The van der Waals surface area contributed by atoms with Crippen molar-refractivity contribution in [3.05, 3.63) is 0 Å². The molecule has 0 heterocycles. The summed E-state index contributed by atoms with van der Waals surface area (Å²) in [4.78, 5) is 32.7. The van der Waals surface area contributed by atoms with Gasteiger partial charge in [0.25, 0.3) is 0 Å². The number of carboxylic acids is 1. The highest BCUT2D eigenvalue weighted by Crippen LogP contribution is 2.04. The maximum atomic E-state index is 11.5. The highest BCUT2D eigenvalue weighted by atomic mass is 16.4. The number of hydrogen-bond donors (Lipinski definition) is 4. The van der Waals surface area contributed by atoms with Crippen molar-refractivity contribution in [2.24, 2.45) is 11.7 Å². The Hall–Kier alpha value is -1.63. The van der Waals surface area contributed by atoms with Gasteiger partial charge in [-0.2, -0.15) is 0 Å². The van der Waals surface area contributed by atoms with E-state index < -0.39 is 30.4 Å². The Bertz CT molecular complexity index is 293. The van der Waals surface area contributed by atoms with Gasteiger partial charge in [-0.3, -0.25) is 14.4 Å². The molecule has 0 aromatic carbocycles. The lowest BCUT2D eigenvalue weighted by atomic mass is 9.99. The zero-order valence-electron chi connectivity index (χ0n) is 10.0. The molecule has 0 aromatic rings. The van der Waals surface area contributed by atoms with Gasteiger partial charge in [-0.1, -0.05) is 20.3 Å². The monoisotopic (exact) mass is 245 g/mol. The van der Waals surface area contributed by atoms with Gasteiger partial charge in [0.2, 0.25) is 11.8 Å². The summed E-state index contributed by atoms with van der Waals surface area (Å²) in [5.41, 5.74) is 5.64. The first kappa shape index (κ1) is 15.4. The molecule has 0 saturated heterocycles. The Kier molecular flexibility index (Phi) is 6.88. The van der Waals surface area contributed by atoms with E-state index in [0.717, 1.165) is 6.42 Å². The number of nitrogens with two attached hydrogens (primary N) is 1. The van der Waals surface area contributed by atoms with Gasteiger partial charge in [0.15, 0.2) is 0 Å². The van der Waals surface area contributed by atoms with Crippen LogP contribution in [0.2, 0.25) is 0 Å². The molecule has 0 aliphatic rings. The van der Waals surface area contributed by atoms with Crippen LogP contribution in [-0.2, 0) is 14.4 Å². The molecule has 98 valence electrons. The minimum atomic E-state index is -1.14.